The molecule has 0 amide bonds. The van der Waals surface area contributed by atoms with E-state index < -0.39 is 0 Å². The van der Waals surface area contributed by atoms with Gasteiger partial charge in [0.25, 0.3) is 0 Å². The molecular formula is C8H17NO2. The summed E-state index contributed by atoms with van der Waals surface area (Å²) in [6.07, 6.45) is 0.562. The summed E-state index contributed by atoms with van der Waals surface area (Å²) in [6.45, 7) is 5.10. The summed E-state index contributed by atoms with van der Waals surface area (Å²) < 4.78 is 4.68. The van der Waals surface area contributed by atoms with Crippen LogP contribution in [0.1, 0.15) is 20.3 Å². The molecule has 0 rings (SSSR count). The highest BCUT2D eigenvalue weighted by Crippen LogP contribution is 1.83. The maximum atomic E-state index is 10.9. The van der Waals surface area contributed by atoms with E-state index in [-0.39, 0.29) is 12.4 Å². The van der Waals surface area contributed by atoms with E-state index in [0.29, 0.717) is 12.5 Å². The van der Waals surface area contributed by atoms with E-state index in [1.165, 1.54) is 7.11 Å². The Bertz CT molecular complexity index is 113. The third-order valence-electron chi connectivity index (χ3n) is 1.26. The molecule has 11 heavy (non-hydrogen) atoms. The van der Waals surface area contributed by atoms with Crippen LogP contribution in [0, 0.1) is 0 Å². The summed E-state index contributed by atoms with van der Waals surface area (Å²) >= 11 is 0. The summed E-state index contributed by atoms with van der Waals surface area (Å²) in [6, 6.07) is 0.449. The molecular weight excluding hydrogens is 142 g/mol. The Labute approximate surface area is 68.1 Å². The molecule has 0 saturated heterocycles. The van der Waals surface area contributed by atoms with Gasteiger partial charge in [0.1, 0.15) is 6.61 Å². The minimum atomic E-state index is 0.153. The topological polar surface area (TPSA) is 38.3 Å². The fourth-order valence-corrected chi connectivity index (χ4v) is 0.733. The van der Waals surface area contributed by atoms with Crippen LogP contribution in [0.25, 0.3) is 0 Å². The Hall–Kier alpha value is -0.410. The Kier molecular flexibility index (Phi) is 6.07. The van der Waals surface area contributed by atoms with Crippen molar-refractivity contribution in [1.82, 2.24) is 5.32 Å². The molecule has 1 N–H and O–H groups in total. The Morgan fingerprint density at radius 2 is 2.18 bits per heavy atom. The summed E-state index contributed by atoms with van der Waals surface area (Å²) in [4.78, 5) is 10.9. The minimum Gasteiger partial charge on any atom is -0.377 e. The highest BCUT2D eigenvalue weighted by Gasteiger charge is 2.00. The van der Waals surface area contributed by atoms with Gasteiger partial charge in [-0.05, 0) is 0 Å². The first kappa shape index (κ1) is 10.6. The normalized spacial score (nSPS) is 10.5. The number of nitrogens with one attached hydrogen (secondary N) is 1. The van der Waals surface area contributed by atoms with E-state index in [1.54, 1.807) is 0 Å². The Balaban J connectivity index is 3.17. The molecule has 0 spiro atoms. The number of ether oxygens (including phenoxy) is 1. The number of hydrogen-bond donors (Lipinski definition) is 1. The van der Waals surface area contributed by atoms with Gasteiger partial charge in [-0.3, -0.25) is 4.79 Å². The summed E-state index contributed by atoms with van der Waals surface area (Å²) in [5, 5.41) is 3.16. The second-order valence-corrected chi connectivity index (χ2v) is 2.83. The molecule has 0 saturated carbocycles. The van der Waals surface area contributed by atoms with Gasteiger partial charge in [0.05, 0.1) is 0 Å². The first-order chi connectivity index (χ1) is 5.16. The molecule has 0 heterocycles. The van der Waals surface area contributed by atoms with Crippen molar-refractivity contribution < 1.29 is 9.53 Å². The molecule has 0 aromatic heterocycles. The van der Waals surface area contributed by atoms with Gasteiger partial charge in [0.15, 0.2) is 5.78 Å². The lowest BCUT2D eigenvalue weighted by Crippen LogP contribution is -2.26. The maximum Gasteiger partial charge on any atom is 0.159 e. The molecule has 0 aromatic carbocycles. The summed E-state index contributed by atoms with van der Waals surface area (Å²) in [5.74, 6) is 0.153. The minimum absolute atomic E-state index is 0.153. The van der Waals surface area contributed by atoms with Crippen LogP contribution in [0.4, 0.5) is 0 Å². The molecule has 0 bridgehead atoms. The van der Waals surface area contributed by atoms with E-state index in [2.05, 4.69) is 23.9 Å². The van der Waals surface area contributed by atoms with Gasteiger partial charge in [-0.25, -0.2) is 0 Å². The third-order valence-corrected chi connectivity index (χ3v) is 1.26. The SMILES string of the molecule is COCC(=O)CCNC(C)C. The van der Waals surface area contributed by atoms with Gasteiger partial charge in [-0.1, -0.05) is 13.8 Å². The molecule has 3 heteroatoms. The fourth-order valence-electron chi connectivity index (χ4n) is 0.733. The zero-order valence-corrected chi connectivity index (χ0v) is 7.52. The first-order valence-electron chi connectivity index (χ1n) is 3.91. The highest BCUT2D eigenvalue weighted by molar-refractivity contribution is 5.79. The van der Waals surface area contributed by atoms with Crippen molar-refractivity contribution in [2.24, 2.45) is 0 Å². The van der Waals surface area contributed by atoms with E-state index in [4.69, 9.17) is 0 Å². The predicted octanol–water partition coefficient (Wildman–Crippen LogP) is 0.590. The number of Topliss-reactive ketones (excluding diaryl/α,β-unsaturated/α-hetero) is 1. The standard InChI is InChI=1S/C8H17NO2/c1-7(2)9-5-4-8(10)6-11-3/h7,9H,4-6H2,1-3H3. The quantitative estimate of drug-likeness (QED) is 0.616. The number of carbonyl (C=O) groups excluding carboxylic acids is 1. The zero-order valence-electron chi connectivity index (χ0n) is 7.52. The molecule has 0 fully saturated rings. The van der Waals surface area contributed by atoms with Crippen LogP contribution in [0.3, 0.4) is 0 Å². The zero-order chi connectivity index (χ0) is 8.69. The van der Waals surface area contributed by atoms with Gasteiger partial charge in [-0.15, -0.1) is 0 Å². The Morgan fingerprint density at radius 3 is 2.64 bits per heavy atom. The van der Waals surface area contributed by atoms with Crippen molar-refractivity contribution in [3.8, 4) is 0 Å². The molecule has 0 atom stereocenters. The number of rotatable bonds is 6. The maximum absolute atomic E-state index is 10.9. The van der Waals surface area contributed by atoms with E-state index in [0.717, 1.165) is 6.54 Å². The lowest BCUT2D eigenvalue weighted by molar-refractivity contribution is -0.122. The molecule has 0 aliphatic rings. The van der Waals surface area contributed by atoms with Crippen LogP contribution in [0.2, 0.25) is 0 Å². The average Bonchev–Trinajstić information content (AvgIpc) is 1.87. The molecule has 66 valence electrons. The van der Waals surface area contributed by atoms with Crippen molar-refractivity contribution in [3.63, 3.8) is 0 Å². The second-order valence-electron chi connectivity index (χ2n) is 2.83. The van der Waals surface area contributed by atoms with E-state index >= 15 is 0 Å². The molecule has 0 aliphatic heterocycles. The number of carbonyl (C=O) groups is 1. The molecule has 0 aliphatic carbocycles. The number of hydrogen-bond acceptors (Lipinski definition) is 3. The van der Waals surface area contributed by atoms with Crippen molar-refractivity contribution in [2.75, 3.05) is 20.3 Å². The average molecular weight is 159 g/mol. The van der Waals surface area contributed by atoms with Gasteiger partial charge >= 0.3 is 0 Å². The molecule has 0 unspecified atom stereocenters. The third kappa shape index (κ3) is 7.49. The number of ketones is 1. The first-order valence-corrected chi connectivity index (χ1v) is 3.91. The van der Waals surface area contributed by atoms with Crippen molar-refractivity contribution in [2.45, 2.75) is 26.3 Å². The lowest BCUT2D eigenvalue weighted by atomic mass is 10.3. The summed E-state index contributed by atoms with van der Waals surface area (Å²) in [7, 11) is 1.54. The molecule has 0 radical (unpaired) electrons. The Morgan fingerprint density at radius 1 is 1.55 bits per heavy atom. The highest BCUT2D eigenvalue weighted by atomic mass is 16.5. The molecule has 3 nitrogen and oxygen atoms in total. The van der Waals surface area contributed by atoms with Crippen LogP contribution in [-0.4, -0.2) is 32.1 Å². The second kappa shape index (κ2) is 6.31. The predicted molar refractivity (Wildman–Crippen MR) is 44.6 cm³/mol. The van der Waals surface area contributed by atoms with Crippen molar-refractivity contribution in [3.05, 3.63) is 0 Å². The largest absolute Gasteiger partial charge is 0.377 e. The van der Waals surface area contributed by atoms with Crippen LogP contribution < -0.4 is 5.32 Å². The van der Waals surface area contributed by atoms with E-state index in [1.807, 2.05) is 0 Å². The van der Waals surface area contributed by atoms with Crippen molar-refractivity contribution >= 4 is 5.78 Å². The van der Waals surface area contributed by atoms with Crippen molar-refractivity contribution in [1.29, 1.82) is 0 Å². The summed E-state index contributed by atoms with van der Waals surface area (Å²) in [5.41, 5.74) is 0. The van der Waals surface area contributed by atoms with Crippen LogP contribution in [0.5, 0.6) is 0 Å². The smallest absolute Gasteiger partial charge is 0.159 e. The van der Waals surface area contributed by atoms with Gasteiger partial charge in [0, 0.05) is 26.1 Å². The van der Waals surface area contributed by atoms with Gasteiger partial charge in [0.2, 0.25) is 0 Å². The lowest BCUT2D eigenvalue weighted by Gasteiger charge is -2.06. The monoisotopic (exact) mass is 159 g/mol. The molecule has 0 aromatic rings. The van der Waals surface area contributed by atoms with Gasteiger partial charge < -0.3 is 10.1 Å². The van der Waals surface area contributed by atoms with Crippen LogP contribution in [0.15, 0.2) is 0 Å². The van der Waals surface area contributed by atoms with E-state index in [9.17, 15) is 4.79 Å². The van der Waals surface area contributed by atoms with Crippen LogP contribution >= 0.6 is 0 Å². The fraction of sp³-hybridized carbons (Fsp3) is 0.875. The van der Waals surface area contributed by atoms with Gasteiger partial charge in [-0.2, -0.15) is 0 Å². The van der Waals surface area contributed by atoms with Crippen LogP contribution in [-0.2, 0) is 9.53 Å². The number of methoxy groups -OCH3 is 1.